The van der Waals surface area contributed by atoms with E-state index in [-0.39, 0.29) is 23.6 Å². The van der Waals surface area contributed by atoms with E-state index in [1.54, 1.807) is 53.4 Å². The summed E-state index contributed by atoms with van der Waals surface area (Å²) in [6.45, 7) is 0.848. The normalized spacial score (nSPS) is 13.7. The fourth-order valence-electron chi connectivity index (χ4n) is 4.57. The van der Waals surface area contributed by atoms with Crippen molar-refractivity contribution >= 4 is 34.4 Å². The summed E-state index contributed by atoms with van der Waals surface area (Å²) in [5.41, 5.74) is 9.97. The Kier molecular flexibility index (Phi) is 7.76. The van der Waals surface area contributed by atoms with Crippen molar-refractivity contribution in [2.24, 2.45) is 12.1 Å². The third-order valence-corrected chi connectivity index (χ3v) is 6.70. The highest BCUT2D eigenvalue weighted by molar-refractivity contribution is 6.03. The maximum atomic E-state index is 12.9. The Balaban J connectivity index is 1.08. The van der Waals surface area contributed by atoms with Crippen molar-refractivity contribution in [3.8, 4) is 11.5 Å². The first-order valence-electron chi connectivity index (χ1n) is 13.5. The lowest BCUT2D eigenvalue weighted by Gasteiger charge is -2.20. The molecule has 5 aromatic rings. The highest BCUT2D eigenvalue weighted by Crippen LogP contribution is 2.26. The number of anilines is 1. The predicted octanol–water partition coefficient (Wildman–Crippen LogP) is 2.20. The van der Waals surface area contributed by atoms with Crippen molar-refractivity contribution in [1.82, 2.24) is 46.2 Å². The molecule has 43 heavy (non-hydrogen) atoms. The van der Waals surface area contributed by atoms with Crippen molar-refractivity contribution in [3.05, 3.63) is 96.3 Å². The van der Waals surface area contributed by atoms with Gasteiger partial charge in [0.2, 0.25) is 5.89 Å². The average Bonchev–Trinajstić information content (AvgIpc) is 3.77. The van der Waals surface area contributed by atoms with E-state index in [0.29, 0.717) is 47.0 Å². The molecule has 3 aromatic heterocycles. The Morgan fingerprint density at radius 3 is 2.65 bits per heavy atom. The van der Waals surface area contributed by atoms with Crippen LogP contribution in [0.3, 0.4) is 0 Å². The van der Waals surface area contributed by atoms with Gasteiger partial charge in [-0.3, -0.25) is 20.0 Å². The summed E-state index contributed by atoms with van der Waals surface area (Å²) in [7, 11) is 3.57. The minimum atomic E-state index is -0.325. The lowest BCUT2D eigenvalue weighted by molar-refractivity contribution is 0.0948. The third-order valence-electron chi connectivity index (χ3n) is 6.70. The molecule has 5 N–H and O–H groups in total. The molecular formula is C29H29N11O3. The molecule has 2 amide bonds. The van der Waals surface area contributed by atoms with Crippen LogP contribution in [0.15, 0.2) is 88.9 Å². The molecule has 14 nitrogen and oxygen atoms in total. The van der Waals surface area contributed by atoms with Crippen LogP contribution in [0.1, 0.15) is 32.6 Å². The Labute approximate surface area is 246 Å². The van der Waals surface area contributed by atoms with Crippen molar-refractivity contribution in [2.75, 3.05) is 25.5 Å². The number of amidine groups is 1. The van der Waals surface area contributed by atoms with Crippen molar-refractivity contribution in [3.63, 3.8) is 0 Å². The monoisotopic (exact) mass is 579 g/mol. The number of oxazole rings is 1. The molecule has 1 aliphatic rings. The van der Waals surface area contributed by atoms with Crippen LogP contribution in [0, 0.1) is 0 Å². The van der Waals surface area contributed by atoms with Crippen LogP contribution in [0.4, 0.5) is 5.69 Å². The van der Waals surface area contributed by atoms with Gasteiger partial charge in [-0.25, -0.2) is 15.5 Å². The van der Waals surface area contributed by atoms with E-state index in [1.165, 1.54) is 12.4 Å². The zero-order chi connectivity index (χ0) is 29.8. The van der Waals surface area contributed by atoms with Crippen molar-refractivity contribution < 1.29 is 14.0 Å². The molecule has 6 rings (SSSR count). The second kappa shape index (κ2) is 12.1. The van der Waals surface area contributed by atoms with Gasteiger partial charge in [0.05, 0.1) is 18.6 Å². The van der Waals surface area contributed by atoms with Gasteiger partial charge in [0.15, 0.2) is 11.4 Å². The third kappa shape index (κ3) is 6.19. The number of benzene rings is 2. The molecule has 2 aromatic carbocycles. The highest BCUT2D eigenvalue weighted by atomic mass is 16.3. The van der Waals surface area contributed by atoms with Crippen LogP contribution in [0.5, 0.6) is 0 Å². The molecule has 218 valence electrons. The van der Waals surface area contributed by atoms with Crippen molar-refractivity contribution in [1.29, 1.82) is 0 Å². The summed E-state index contributed by atoms with van der Waals surface area (Å²) in [5.74, 6) is 0.439. The van der Waals surface area contributed by atoms with Crippen LogP contribution >= 0.6 is 0 Å². The zero-order valence-electron chi connectivity index (χ0n) is 23.4. The number of carbonyl (C=O) groups is 2. The average molecular weight is 580 g/mol. The van der Waals surface area contributed by atoms with E-state index >= 15 is 0 Å². The molecule has 0 radical (unpaired) electrons. The number of hydrazine groups is 2. The van der Waals surface area contributed by atoms with Gasteiger partial charge in [-0.1, -0.05) is 30.3 Å². The minimum absolute atomic E-state index is 0.194. The minimum Gasteiger partial charge on any atom is -0.436 e. The standard InChI is InChI=1S/C29H29N11O3/c1-39-17-30-16-23(39)28(42)34-20-8-9-24-21(15-20)35-29(43-24)19-10-11-31-22(14-19)27(41)33-13-12-32-25(18-6-4-3-5-7-18)26-36-38-40(2)37-26/h3-11,14-17,25,32,38H,12-13H2,1-2H3,(H,33,41)(H,34,42)(H,36,37). The number of imidazole rings is 1. The van der Waals surface area contributed by atoms with Gasteiger partial charge >= 0.3 is 0 Å². The van der Waals surface area contributed by atoms with E-state index in [4.69, 9.17) is 4.42 Å². The quantitative estimate of drug-likeness (QED) is 0.155. The summed E-state index contributed by atoms with van der Waals surface area (Å²) >= 11 is 0. The summed E-state index contributed by atoms with van der Waals surface area (Å²) in [5, 5.41) is 15.2. The highest BCUT2D eigenvalue weighted by Gasteiger charge is 2.23. The van der Waals surface area contributed by atoms with Crippen LogP contribution in [-0.4, -0.2) is 62.4 Å². The zero-order valence-corrected chi connectivity index (χ0v) is 23.4. The fourth-order valence-corrected chi connectivity index (χ4v) is 4.57. The Morgan fingerprint density at radius 2 is 1.88 bits per heavy atom. The van der Waals surface area contributed by atoms with Gasteiger partial charge in [-0.05, 0) is 35.9 Å². The molecule has 4 heterocycles. The lowest BCUT2D eigenvalue weighted by atomic mass is 10.1. The first-order chi connectivity index (χ1) is 20.9. The van der Waals surface area contributed by atoms with Crippen LogP contribution < -0.4 is 26.9 Å². The fraction of sp³-hybridized carbons (Fsp3) is 0.172. The second-order valence-corrected chi connectivity index (χ2v) is 9.80. The number of hydrazone groups is 1. The second-order valence-electron chi connectivity index (χ2n) is 9.80. The van der Waals surface area contributed by atoms with E-state index in [9.17, 15) is 9.59 Å². The summed E-state index contributed by atoms with van der Waals surface area (Å²) in [6.07, 6.45) is 4.60. The number of nitrogens with one attached hydrogen (secondary N) is 5. The summed E-state index contributed by atoms with van der Waals surface area (Å²) in [4.78, 5) is 38.3. The smallest absolute Gasteiger partial charge is 0.273 e. The number of hydrogen-bond donors (Lipinski definition) is 5. The SMILES string of the molecule is CN1NN=C(C(NCCNC(=O)c2cc(-c3nc4cc(NC(=O)c5cncn5C)ccc4o3)ccn2)c2ccccc2)N1. The summed E-state index contributed by atoms with van der Waals surface area (Å²) < 4.78 is 7.57. The van der Waals surface area contributed by atoms with E-state index < -0.39 is 0 Å². The van der Waals surface area contributed by atoms with E-state index in [1.807, 2.05) is 37.4 Å². The van der Waals surface area contributed by atoms with Crippen LogP contribution in [0.25, 0.3) is 22.6 Å². The van der Waals surface area contributed by atoms with Gasteiger partial charge in [-0.2, -0.15) is 0 Å². The first kappa shape index (κ1) is 27.6. The number of rotatable bonds is 10. The summed E-state index contributed by atoms with van der Waals surface area (Å²) in [6, 6.07) is 18.3. The van der Waals surface area contributed by atoms with Crippen LogP contribution in [-0.2, 0) is 7.05 Å². The van der Waals surface area contributed by atoms with Gasteiger partial charge in [-0.15, -0.1) is 10.2 Å². The number of hydrogen-bond acceptors (Lipinski definition) is 11. The van der Waals surface area contributed by atoms with E-state index in [0.717, 1.165) is 11.4 Å². The molecule has 1 atom stereocenters. The van der Waals surface area contributed by atoms with Crippen molar-refractivity contribution in [2.45, 2.75) is 6.04 Å². The number of amides is 2. The molecule has 14 heteroatoms. The number of carbonyl (C=O) groups excluding carboxylic acids is 2. The molecule has 0 fully saturated rings. The van der Waals surface area contributed by atoms with Crippen LogP contribution in [0.2, 0.25) is 0 Å². The molecule has 0 saturated heterocycles. The lowest BCUT2D eigenvalue weighted by Crippen LogP contribution is -2.44. The van der Waals surface area contributed by atoms with Gasteiger partial charge < -0.3 is 24.9 Å². The predicted molar refractivity (Wildman–Crippen MR) is 159 cm³/mol. The molecule has 0 aliphatic carbocycles. The number of fused-ring (bicyclic) bond motifs is 1. The molecule has 0 spiro atoms. The molecule has 0 saturated carbocycles. The molecule has 1 unspecified atom stereocenters. The van der Waals surface area contributed by atoms with Gasteiger partial charge in [0, 0.05) is 44.6 Å². The molecule has 1 aliphatic heterocycles. The maximum absolute atomic E-state index is 12.9. The first-order valence-corrected chi connectivity index (χ1v) is 13.5. The Morgan fingerprint density at radius 1 is 1.02 bits per heavy atom. The molecular weight excluding hydrogens is 550 g/mol. The molecule has 0 bridgehead atoms. The maximum Gasteiger partial charge on any atom is 0.273 e. The number of aromatic nitrogens is 4. The van der Waals surface area contributed by atoms with E-state index in [2.05, 4.69) is 47.0 Å². The number of pyridine rings is 1. The Bertz CT molecular complexity index is 1800. The number of nitrogens with zero attached hydrogens (tertiary/aromatic N) is 6. The number of aryl methyl sites for hydroxylation is 1. The van der Waals surface area contributed by atoms with Gasteiger partial charge in [0.25, 0.3) is 11.8 Å². The van der Waals surface area contributed by atoms with Gasteiger partial charge in [0.1, 0.15) is 16.9 Å². The Hall–Kier alpha value is -5.60. The topological polar surface area (TPSA) is 167 Å². The largest absolute Gasteiger partial charge is 0.436 e.